The fourth-order valence-electron chi connectivity index (χ4n) is 11.2. The van der Waals surface area contributed by atoms with Crippen LogP contribution in [0.1, 0.15) is 128 Å². The third-order valence-electron chi connectivity index (χ3n) is 15.0. The molecule has 4 aliphatic rings. The lowest BCUT2D eigenvalue weighted by Gasteiger charge is -2.41. The highest BCUT2D eigenvalue weighted by Gasteiger charge is 2.34. The highest BCUT2D eigenvalue weighted by atomic mass is 32.2. The summed E-state index contributed by atoms with van der Waals surface area (Å²) in [5, 5.41) is 0. The molecule has 4 aromatic carbocycles. The van der Waals surface area contributed by atoms with Gasteiger partial charge in [-0.1, -0.05) is 6.07 Å². The van der Waals surface area contributed by atoms with E-state index in [1.165, 1.54) is 70.9 Å². The van der Waals surface area contributed by atoms with Gasteiger partial charge in [0.1, 0.15) is 23.1 Å². The van der Waals surface area contributed by atoms with Crippen LogP contribution in [-0.2, 0) is 20.0 Å². The summed E-state index contributed by atoms with van der Waals surface area (Å²) in [6.07, 6.45) is 11.0. The van der Waals surface area contributed by atoms with Crippen molar-refractivity contribution < 1.29 is 54.0 Å². The van der Waals surface area contributed by atoms with E-state index in [9.17, 15) is 25.6 Å². The number of hydrogen-bond donors (Lipinski definition) is 2. The summed E-state index contributed by atoms with van der Waals surface area (Å²) in [5.41, 5.74) is 2.07. The van der Waals surface area contributed by atoms with E-state index >= 15 is 0 Å². The molecule has 2 saturated carbocycles. The van der Waals surface area contributed by atoms with Crippen molar-refractivity contribution in [3.8, 4) is 34.5 Å². The number of ether oxygens (including phenoxy) is 6. The molecule has 14 nitrogen and oxygen atoms in total. The normalized spacial score (nSPS) is 21.7. The van der Waals surface area contributed by atoms with Gasteiger partial charge in [0.25, 0.3) is 0 Å². The molecule has 2 heterocycles. The lowest BCUT2D eigenvalue weighted by molar-refractivity contribution is 0.115. The Morgan fingerprint density at radius 3 is 1.24 bits per heavy atom. The van der Waals surface area contributed by atoms with E-state index < -0.39 is 20.0 Å². The number of sulfonamides is 2. The van der Waals surface area contributed by atoms with E-state index in [0.29, 0.717) is 46.7 Å². The minimum Gasteiger partial charge on any atom is -0.493 e. The Hall–Kier alpha value is -4.72. The van der Waals surface area contributed by atoms with Crippen LogP contribution >= 0.6 is 0 Å². The number of piperidine rings is 2. The molecule has 0 bridgehead atoms. The standard InChI is InChI=1S/2C28H39FN2O5S/c1-19(2)36-26-11-5-21(29)17-25(26)20-13-15-31(16-14-20)23-8-6-22(7-9-23)30-37(32,33)24-10-12-27(34-3)28(18-24)35-4;1-19(2)36-27-17-21(29)5-11-25(27)20-13-15-31(16-14-20)23-8-6-22(7-9-23)30-37(32,33)24-10-12-26(34-3)28(18-24)35-4/h2*5,10-12,17-20,22-23,30H,6-9,13-16H2,1-4H3. The summed E-state index contributed by atoms with van der Waals surface area (Å²) in [6, 6.07) is 19.8. The summed E-state index contributed by atoms with van der Waals surface area (Å²) in [5.74, 6) is 3.37. The topological polar surface area (TPSA) is 154 Å². The molecule has 0 unspecified atom stereocenters. The van der Waals surface area contributed by atoms with Crippen LogP contribution < -0.4 is 37.9 Å². The Balaban J connectivity index is 0.000000216. The van der Waals surface area contributed by atoms with Crippen molar-refractivity contribution in [2.75, 3.05) is 54.6 Å². The monoisotopic (exact) mass is 1070 g/mol. The minimum atomic E-state index is -3.66. The molecule has 2 saturated heterocycles. The van der Waals surface area contributed by atoms with E-state index in [2.05, 4.69) is 19.2 Å². The number of rotatable bonds is 18. The van der Waals surface area contributed by atoms with Gasteiger partial charge in [-0.2, -0.15) is 0 Å². The van der Waals surface area contributed by atoms with Crippen molar-refractivity contribution in [3.63, 3.8) is 0 Å². The molecular formula is C56H78F2N4O10S2. The summed E-state index contributed by atoms with van der Waals surface area (Å²) < 4.78 is 118. The first-order chi connectivity index (χ1) is 35.4. The average Bonchev–Trinajstić information content (AvgIpc) is 3.39. The zero-order valence-corrected chi connectivity index (χ0v) is 46.0. The molecule has 4 aromatic rings. The van der Waals surface area contributed by atoms with Crippen molar-refractivity contribution in [1.82, 2.24) is 19.2 Å². The first kappa shape index (κ1) is 57.0. The van der Waals surface area contributed by atoms with Crippen LogP contribution in [0.2, 0.25) is 0 Å². The van der Waals surface area contributed by atoms with Crippen molar-refractivity contribution in [2.24, 2.45) is 0 Å². The highest BCUT2D eigenvalue weighted by Crippen LogP contribution is 2.40. The molecule has 0 spiro atoms. The average molecular weight is 1070 g/mol. The smallest absolute Gasteiger partial charge is 0.240 e. The van der Waals surface area contributed by atoms with Gasteiger partial charge in [0, 0.05) is 47.9 Å². The molecule has 18 heteroatoms. The SMILES string of the molecule is COc1ccc(S(=O)(=O)NC2CCC(N3CCC(c4cc(F)ccc4OC(C)C)CC3)CC2)cc1OC.COc1ccc(S(=O)(=O)NC2CCC(N3CCC(c4ccc(F)cc4OC(C)C)CC3)CC2)cc1OC. The maximum atomic E-state index is 14.0. The zero-order valence-electron chi connectivity index (χ0n) is 44.4. The minimum absolute atomic E-state index is 0.00000339. The number of benzene rings is 4. The van der Waals surface area contributed by atoms with E-state index in [0.717, 1.165) is 120 Å². The predicted molar refractivity (Wildman–Crippen MR) is 283 cm³/mol. The quantitative estimate of drug-likeness (QED) is 0.0975. The number of halogens is 2. The molecular weight excluding hydrogens is 991 g/mol. The van der Waals surface area contributed by atoms with Gasteiger partial charge in [-0.3, -0.25) is 0 Å². The van der Waals surface area contributed by atoms with Gasteiger partial charge in [-0.15, -0.1) is 0 Å². The zero-order chi connectivity index (χ0) is 53.2. The third kappa shape index (κ3) is 14.8. The molecule has 2 aliphatic heterocycles. The van der Waals surface area contributed by atoms with E-state index in [1.807, 2.05) is 33.8 Å². The van der Waals surface area contributed by atoms with Crippen LogP contribution in [0.4, 0.5) is 8.78 Å². The van der Waals surface area contributed by atoms with Gasteiger partial charge in [0.2, 0.25) is 20.0 Å². The summed E-state index contributed by atoms with van der Waals surface area (Å²) in [6.45, 7) is 11.8. The largest absolute Gasteiger partial charge is 0.493 e. The van der Waals surface area contributed by atoms with E-state index in [4.69, 9.17) is 28.4 Å². The van der Waals surface area contributed by atoms with E-state index in [1.54, 1.807) is 24.3 Å². The molecule has 2 aliphatic carbocycles. The summed E-state index contributed by atoms with van der Waals surface area (Å²) in [7, 11) is -1.29. The predicted octanol–water partition coefficient (Wildman–Crippen LogP) is 10.2. The summed E-state index contributed by atoms with van der Waals surface area (Å²) in [4.78, 5) is 5.42. The molecule has 74 heavy (non-hydrogen) atoms. The van der Waals surface area contributed by atoms with Crippen LogP contribution in [0.15, 0.2) is 82.6 Å². The van der Waals surface area contributed by atoms with E-state index in [-0.39, 0.29) is 51.6 Å². The van der Waals surface area contributed by atoms with Crippen molar-refractivity contribution >= 4 is 20.0 Å². The van der Waals surface area contributed by atoms with Gasteiger partial charge < -0.3 is 38.2 Å². The molecule has 408 valence electrons. The maximum Gasteiger partial charge on any atom is 0.240 e. The molecule has 4 fully saturated rings. The number of methoxy groups -OCH3 is 4. The van der Waals surface area contributed by atoms with Crippen molar-refractivity contribution in [3.05, 3.63) is 95.6 Å². The summed E-state index contributed by atoms with van der Waals surface area (Å²) >= 11 is 0. The second-order valence-corrected chi connectivity index (χ2v) is 24.0. The first-order valence-corrected chi connectivity index (χ1v) is 29.3. The van der Waals surface area contributed by atoms with Crippen LogP contribution in [0.3, 0.4) is 0 Å². The number of likely N-dealkylation sites (tertiary alicyclic amines) is 2. The van der Waals surface area contributed by atoms with Crippen molar-refractivity contribution in [2.45, 2.75) is 163 Å². The van der Waals surface area contributed by atoms with Crippen LogP contribution in [0.25, 0.3) is 0 Å². The molecule has 0 aromatic heterocycles. The lowest BCUT2D eigenvalue weighted by Crippen LogP contribution is -2.46. The van der Waals surface area contributed by atoms with Crippen LogP contribution in [0, 0.1) is 11.6 Å². The number of hydrogen-bond acceptors (Lipinski definition) is 12. The van der Waals surface area contributed by atoms with Gasteiger partial charge >= 0.3 is 0 Å². The Bertz CT molecular complexity index is 2680. The Kier molecular flexibility index (Phi) is 19.9. The first-order valence-electron chi connectivity index (χ1n) is 26.3. The van der Waals surface area contributed by atoms with Crippen LogP contribution in [0.5, 0.6) is 34.5 Å². The fourth-order valence-corrected chi connectivity index (χ4v) is 13.9. The molecule has 0 atom stereocenters. The van der Waals surface area contributed by atoms with Gasteiger partial charge in [-0.25, -0.2) is 35.1 Å². The molecule has 0 amide bonds. The third-order valence-corrected chi connectivity index (χ3v) is 18.0. The molecule has 2 N–H and O–H groups in total. The maximum absolute atomic E-state index is 14.0. The Morgan fingerprint density at radius 1 is 0.446 bits per heavy atom. The van der Waals surface area contributed by atoms with Gasteiger partial charge in [0.05, 0.1) is 50.4 Å². The van der Waals surface area contributed by atoms with Crippen molar-refractivity contribution in [1.29, 1.82) is 0 Å². The van der Waals surface area contributed by atoms with Gasteiger partial charge in [-0.05, 0) is 197 Å². The lowest BCUT2D eigenvalue weighted by atomic mass is 9.85. The van der Waals surface area contributed by atoms with Gasteiger partial charge in [0.15, 0.2) is 23.0 Å². The molecule has 0 radical (unpaired) electrons. The molecule has 8 rings (SSSR count). The second kappa shape index (κ2) is 25.9. The Morgan fingerprint density at radius 2 is 0.824 bits per heavy atom. The fraction of sp³-hybridized carbons (Fsp3) is 0.571. The second-order valence-electron chi connectivity index (χ2n) is 20.6. The Labute approximate surface area is 438 Å². The number of nitrogens with zero attached hydrogens (tertiary/aromatic N) is 2. The van der Waals surface area contributed by atoms with Crippen LogP contribution in [-0.4, -0.2) is 118 Å². The highest BCUT2D eigenvalue weighted by molar-refractivity contribution is 7.89. The number of nitrogens with one attached hydrogen (secondary N) is 2.